The van der Waals surface area contributed by atoms with Crippen LogP contribution in [0, 0.1) is 12.3 Å². The quantitative estimate of drug-likeness (QED) is 0.583. The zero-order chi connectivity index (χ0) is 13.2. The summed E-state index contributed by atoms with van der Waals surface area (Å²) < 4.78 is 0. The average molecular weight is 271 g/mol. The van der Waals surface area contributed by atoms with Crippen molar-refractivity contribution >= 4 is 40.6 Å². The number of halogens is 2. The SMILES string of the molecule is C#CCC(=O)CC1=C(C)C(=O)C(Cl)=C(Cl)C1=O. The van der Waals surface area contributed by atoms with Crippen LogP contribution >= 0.6 is 23.2 Å². The van der Waals surface area contributed by atoms with E-state index in [1.807, 2.05) is 0 Å². The largest absolute Gasteiger partial charge is 0.298 e. The summed E-state index contributed by atoms with van der Waals surface area (Å²) in [5.41, 5.74) is 0.222. The molecule has 1 rings (SSSR count). The molecule has 0 bridgehead atoms. The van der Waals surface area contributed by atoms with E-state index in [0.29, 0.717) is 0 Å². The zero-order valence-electron chi connectivity index (χ0n) is 8.97. The second kappa shape index (κ2) is 5.31. The molecule has 0 fully saturated rings. The lowest BCUT2D eigenvalue weighted by Gasteiger charge is -2.15. The van der Waals surface area contributed by atoms with Gasteiger partial charge in [0, 0.05) is 17.6 Å². The zero-order valence-corrected chi connectivity index (χ0v) is 10.5. The van der Waals surface area contributed by atoms with Crippen LogP contribution in [0.15, 0.2) is 21.2 Å². The first kappa shape index (κ1) is 13.7. The fourth-order valence-corrected chi connectivity index (χ4v) is 1.82. The van der Waals surface area contributed by atoms with Crippen LogP contribution in [0.25, 0.3) is 0 Å². The highest BCUT2D eigenvalue weighted by atomic mass is 35.5. The Labute approximate surface area is 108 Å². The minimum Gasteiger partial charge on any atom is -0.298 e. The summed E-state index contributed by atoms with van der Waals surface area (Å²) in [6, 6.07) is 0. The topological polar surface area (TPSA) is 51.2 Å². The lowest BCUT2D eigenvalue weighted by atomic mass is 9.91. The minimum atomic E-state index is -0.584. The van der Waals surface area contributed by atoms with Crippen LogP contribution in [0.2, 0.25) is 0 Å². The van der Waals surface area contributed by atoms with Crippen molar-refractivity contribution < 1.29 is 14.4 Å². The van der Waals surface area contributed by atoms with Gasteiger partial charge in [0.1, 0.15) is 15.8 Å². The highest BCUT2D eigenvalue weighted by Crippen LogP contribution is 2.30. The number of carbonyl (C=O) groups excluding carboxylic acids is 3. The Morgan fingerprint density at radius 2 is 1.76 bits per heavy atom. The Kier molecular flexibility index (Phi) is 4.28. The molecule has 0 aromatic rings. The van der Waals surface area contributed by atoms with Gasteiger partial charge in [0.25, 0.3) is 0 Å². The van der Waals surface area contributed by atoms with Gasteiger partial charge >= 0.3 is 0 Å². The molecule has 0 N–H and O–H groups in total. The molecule has 0 saturated carbocycles. The molecule has 88 valence electrons. The van der Waals surface area contributed by atoms with Crippen molar-refractivity contribution in [2.24, 2.45) is 0 Å². The third-order valence-electron chi connectivity index (χ3n) is 2.33. The van der Waals surface area contributed by atoms with Gasteiger partial charge in [-0.25, -0.2) is 0 Å². The smallest absolute Gasteiger partial charge is 0.202 e. The molecule has 0 saturated heterocycles. The van der Waals surface area contributed by atoms with Gasteiger partial charge in [-0.1, -0.05) is 29.1 Å². The van der Waals surface area contributed by atoms with Gasteiger partial charge in [-0.15, -0.1) is 6.42 Å². The number of Topliss-reactive ketones (excluding diaryl/α,β-unsaturated/α-hetero) is 3. The first-order valence-electron chi connectivity index (χ1n) is 4.69. The van der Waals surface area contributed by atoms with E-state index in [9.17, 15) is 14.4 Å². The van der Waals surface area contributed by atoms with Crippen molar-refractivity contribution in [1.29, 1.82) is 0 Å². The molecule has 3 nitrogen and oxygen atoms in total. The number of terminal acetylenes is 1. The predicted molar refractivity (Wildman–Crippen MR) is 64.5 cm³/mol. The Morgan fingerprint density at radius 1 is 1.24 bits per heavy atom. The molecule has 17 heavy (non-hydrogen) atoms. The van der Waals surface area contributed by atoms with Crippen molar-refractivity contribution in [3.63, 3.8) is 0 Å². The van der Waals surface area contributed by atoms with Crippen molar-refractivity contribution in [2.45, 2.75) is 19.8 Å². The van der Waals surface area contributed by atoms with Gasteiger partial charge in [-0.3, -0.25) is 14.4 Å². The molecule has 0 unspecified atom stereocenters. The Balaban J connectivity index is 3.08. The van der Waals surface area contributed by atoms with Crippen LogP contribution in [0.4, 0.5) is 0 Å². The van der Waals surface area contributed by atoms with E-state index in [1.54, 1.807) is 0 Å². The number of hydrogen-bond donors (Lipinski definition) is 0. The average Bonchev–Trinajstić information content (AvgIpc) is 2.30. The van der Waals surface area contributed by atoms with E-state index < -0.39 is 11.6 Å². The summed E-state index contributed by atoms with van der Waals surface area (Å²) in [6.07, 6.45) is 4.70. The van der Waals surface area contributed by atoms with Gasteiger partial charge in [0.15, 0.2) is 0 Å². The molecule has 0 spiro atoms. The number of hydrogen-bond acceptors (Lipinski definition) is 3. The highest BCUT2D eigenvalue weighted by molar-refractivity contribution is 6.59. The number of carbonyl (C=O) groups is 3. The summed E-state index contributed by atoms with van der Waals surface area (Å²) in [5, 5.41) is -0.645. The van der Waals surface area contributed by atoms with E-state index in [-0.39, 0.29) is 39.8 Å². The summed E-state index contributed by atoms with van der Waals surface area (Å²) >= 11 is 11.2. The molecule has 0 radical (unpaired) electrons. The fourth-order valence-electron chi connectivity index (χ4n) is 1.39. The van der Waals surface area contributed by atoms with Crippen LogP contribution in [0.1, 0.15) is 19.8 Å². The third-order valence-corrected chi connectivity index (χ3v) is 3.15. The van der Waals surface area contributed by atoms with Crippen LogP contribution in [0.5, 0.6) is 0 Å². The maximum absolute atomic E-state index is 11.7. The van der Waals surface area contributed by atoms with Gasteiger partial charge in [-0.05, 0) is 6.92 Å². The monoisotopic (exact) mass is 270 g/mol. The summed E-state index contributed by atoms with van der Waals surface area (Å²) in [6.45, 7) is 1.43. The first-order chi connectivity index (χ1) is 7.90. The van der Waals surface area contributed by atoms with Gasteiger partial charge < -0.3 is 0 Å². The molecule has 1 aliphatic rings. The molecule has 0 aliphatic heterocycles. The van der Waals surface area contributed by atoms with E-state index in [1.165, 1.54) is 6.92 Å². The standard InChI is InChI=1S/C12H8Cl2O3/c1-3-4-7(15)5-8-6(2)11(16)9(13)10(14)12(8)17/h1H,4-5H2,2H3. The minimum absolute atomic E-state index is 0.0738. The van der Waals surface area contributed by atoms with Crippen LogP contribution in [0.3, 0.4) is 0 Å². The molecule has 0 aromatic carbocycles. The normalized spacial score (nSPS) is 16.4. The van der Waals surface area contributed by atoms with Crippen molar-refractivity contribution in [3.05, 3.63) is 21.2 Å². The Hall–Kier alpha value is -1.37. The molecule has 0 heterocycles. The predicted octanol–water partition coefficient (Wildman–Crippen LogP) is 2.13. The molecule has 5 heteroatoms. The third kappa shape index (κ3) is 2.66. The Morgan fingerprint density at radius 3 is 2.29 bits per heavy atom. The van der Waals surface area contributed by atoms with E-state index in [4.69, 9.17) is 29.6 Å². The fraction of sp³-hybridized carbons (Fsp3) is 0.250. The van der Waals surface area contributed by atoms with Crippen LogP contribution in [-0.2, 0) is 14.4 Å². The number of allylic oxidation sites excluding steroid dienone is 4. The van der Waals surface area contributed by atoms with Crippen molar-refractivity contribution in [1.82, 2.24) is 0 Å². The lowest BCUT2D eigenvalue weighted by molar-refractivity contribution is -0.119. The van der Waals surface area contributed by atoms with Crippen LogP contribution < -0.4 is 0 Å². The van der Waals surface area contributed by atoms with Gasteiger partial charge in [0.05, 0.1) is 6.42 Å². The molecular weight excluding hydrogens is 263 g/mol. The molecule has 0 amide bonds. The lowest BCUT2D eigenvalue weighted by Crippen LogP contribution is -2.20. The maximum atomic E-state index is 11.7. The number of ketones is 3. The van der Waals surface area contributed by atoms with Crippen molar-refractivity contribution in [3.8, 4) is 12.3 Å². The van der Waals surface area contributed by atoms with E-state index in [0.717, 1.165) is 0 Å². The van der Waals surface area contributed by atoms with Gasteiger partial charge in [0.2, 0.25) is 11.6 Å². The first-order valence-corrected chi connectivity index (χ1v) is 5.45. The number of rotatable bonds is 3. The molecular formula is C12H8Cl2O3. The maximum Gasteiger partial charge on any atom is 0.202 e. The summed E-state index contributed by atoms with van der Waals surface area (Å²) in [5.74, 6) is 0.752. The molecule has 0 atom stereocenters. The molecule has 0 aromatic heterocycles. The molecule has 1 aliphatic carbocycles. The highest BCUT2D eigenvalue weighted by Gasteiger charge is 2.31. The second-order valence-corrected chi connectivity index (χ2v) is 4.24. The summed E-state index contributed by atoms with van der Waals surface area (Å²) in [7, 11) is 0. The van der Waals surface area contributed by atoms with Crippen molar-refractivity contribution in [2.75, 3.05) is 0 Å². The second-order valence-electron chi connectivity index (χ2n) is 3.49. The van der Waals surface area contributed by atoms with E-state index >= 15 is 0 Å². The van der Waals surface area contributed by atoms with Gasteiger partial charge in [-0.2, -0.15) is 0 Å². The Bertz CT molecular complexity index is 518. The van der Waals surface area contributed by atoms with E-state index in [2.05, 4.69) is 5.92 Å². The van der Waals surface area contributed by atoms with Crippen LogP contribution in [-0.4, -0.2) is 17.3 Å². The summed E-state index contributed by atoms with van der Waals surface area (Å²) in [4.78, 5) is 34.7.